The van der Waals surface area contributed by atoms with Crippen LogP contribution < -0.4 is 21.5 Å². The average molecular weight is 690 g/mol. The predicted octanol–water partition coefficient (Wildman–Crippen LogP) is 5.44. The number of para-hydroxylation sites is 1. The van der Waals surface area contributed by atoms with E-state index >= 15 is 0 Å². The topological polar surface area (TPSA) is 156 Å². The molecule has 1 aliphatic rings. The minimum atomic E-state index is -0.854. The highest BCUT2D eigenvalue weighted by Crippen LogP contribution is 2.29. The predicted molar refractivity (Wildman–Crippen MR) is 197 cm³/mol. The van der Waals surface area contributed by atoms with Crippen LogP contribution >= 0.6 is 0 Å². The van der Waals surface area contributed by atoms with Crippen LogP contribution in [0.4, 0.5) is 10.5 Å². The lowest BCUT2D eigenvalue weighted by atomic mass is 10.0. The van der Waals surface area contributed by atoms with Crippen LogP contribution in [0, 0.1) is 0 Å². The van der Waals surface area contributed by atoms with Crippen molar-refractivity contribution in [2.45, 2.75) is 44.6 Å². The van der Waals surface area contributed by atoms with Gasteiger partial charge in [-0.15, -0.1) is 0 Å². The standard InChI is InChI=1S/C40H43N5O6/c46-35-15-13-32(33-14-16-38(49)44-39(33)35)36(47)26-41-24-27-7-6-8-28(23-27)25-42-37(48)19-22-45-20-17-30(18-21-45)51-40(50)43-34-12-5-4-11-31(34)29-9-2-1-3-10-29/h1-16,23,30,36,41,46-47H,17-22,24-26H2,(H,42,48)(H,43,50)(H,44,49)/t36-/m1/s1. The van der Waals surface area contributed by atoms with Gasteiger partial charge in [0.25, 0.3) is 0 Å². The highest BCUT2D eigenvalue weighted by atomic mass is 16.6. The highest BCUT2D eigenvalue weighted by Gasteiger charge is 2.23. The minimum absolute atomic E-state index is 0.0287. The molecular weight excluding hydrogens is 646 g/mol. The second kappa shape index (κ2) is 16.9. The third-order valence-electron chi connectivity index (χ3n) is 9.13. The van der Waals surface area contributed by atoms with E-state index in [1.165, 1.54) is 12.1 Å². The van der Waals surface area contributed by atoms with E-state index in [2.05, 4.69) is 25.8 Å². The number of nitrogens with zero attached hydrogens (tertiary/aromatic N) is 1. The summed E-state index contributed by atoms with van der Waals surface area (Å²) >= 11 is 0. The number of likely N-dealkylation sites (tertiary alicyclic amines) is 1. The number of H-pyrrole nitrogens is 1. The Kier molecular flexibility index (Phi) is 11.7. The van der Waals surface area contributed by atoms with Gasteiger partial charge in [0.05, 0.1) is 17.3 Å². The summed E-state index contributed by atoms with van der Waals surface area (Å²) in [5.74, 6) is -0.0788. The largest absolute Gasteiger partial charge is 0.506 e. The third kappa shape index (κ3) is 9.61. The van der Waals surface area contributed by atoms with E-state index in [4.69, 9.17) is 4.74 Å². The van der Waals surface area contributed by atoms with E-state index < -0.39 is 12.2 Å². The summed E-state index contributed by atoms with van der Waals surface area (Å²) < 4.78 is 5.74. The molecule has 0 spiro atoms. The van der Waals surface area contributed by atoms with Gasteiger partial charge in [-0.25, -0.2) is 4.79 Å². The van der Waals surface area contributed by atoms with Crippen LogP contribution in [0.3, 0.4) is 0 Å². The van der Waals surface area contributed by atoms with E-state index in [0.29, 0.717) is 61.1 Å². The lowest BCUT2D eigenvalue weighted by Gasteiger charge is -2.31. The molecule has 51 heavy (non-hydrogen) atoms. The van der Waals surface area contributed by atoms with Crippen LogP contribution in [0.25, 0.3) is 22.0 Å². The number of amides is 2. The maximum Gasteiger partial charge on any atom is 0.411 e. The molecule has 11 nitrogen and oxygen atoms in total. The van der Waals surface area contributed by atoms with Gasteiger partial charge in [-0.2, -0.15) is 0 Å². The van der Waals surface area contributed by atoms with Crippen molar-refractivity contribution in [3.8, 4) is 16.9 Å². The lowest BCUT2D eigenvalue weighted by molar-refractivity contribution is -0.121. The summed E-state index contributed by atoms with van der Waals surface area (Å²) in [5, 5.41) is 30.7. The van der Waals surface area contributed by atoms with Crippen LogP contribution in [0.2, 0.25) is 0 Å². The number of phenols is 1. The number of aromatic amines is 1. The fraction of sp³-hybridized carbons (Fsp3) is 0.275. The maximum absolute atomic E-state index is 12.7. The Morgan fingerprint density at radius 1 is 0.882 bits per heavy atom. The molecule has 1 aliphatic heterocycles. The number of nitrogens with one attached hydrogen (secondary N) is 4. The van der Waals surface area contributed by atoms with E-state index in [9.17, 15) is 24.6 Å². The normalized spacial score (nSPS) is 14.2. The van der Waals surface area contributed by atoms with Crippen molar-refractivity contribution in [3.05, 3.63) is 130 Å². The fourth-order valence-electron chi connectivity index (χ4n) is 6.41. The quantitative estimate of drug-likeness (QED) is 0.0955. The Bertz CT molecular complexity index is 2010. The zero-order valence-electron chi connectivity index (χ0n) is 28.3. The Hall–Kier alpha value is -5.49. The van der Waals surface area contributed by atoms with Gasteiger partial charge in [0.15, 0.2) is 0 Å². The first-order chi connectivity index (χ1) is 24.8. The van der Waals surface area contributed by atoms with E-state index in [1.807, 2.05) is 78.9 Å². The number of piperidine rings is 1. The zero-order valence-corrected chi connectivity index (χ0v) is 28.3. The fourth-order valence-corrected chi connectivity index (χ4v) is 6.41. The van der Waals surface area contributed by atoms with E-state index in [0.717, 1.165) is 35.3 Å². The van der Waals surface area contributed by atoms with Gasteiger partial charge in [-0.05, 0) is 53.3 Å². The van der Waals surface area contributed by atoms with Crippen molar-refractivity contribution < 1.29 is 24.5 Å². The highest BCUT2D eigenvalue weighted by molar-refractivity contribution is 5.91. The van der Waals surface area contributed by atoms with Crippen LogP contribution in [-0.2, 0) is 22.6 Å². The molecular formula is C40H43N5O6. The Morgan fingerprint density at radius 3 is 2.43 bits per heavy atom. The average Bonchev–Trinajstić information content (AvgIpc) is 3.15. The number of aliphatic hydroxyl groups excluding tert-OH is 1. The number of ether oxygens (including phenoxy) is 1. The number of carbonyl (C=O) groups excluding carboxylic acids is 2. The molecule has 0 bridgehead atoms. The molecule has 1 aromatic heterocycles. The summed E-state index contributed by atoms with van der Waals surface area (Å²) in [6, 6.07) is 31.5. The summed E-state index contributed by atoms with van der Waals surface area (Å²) in [7, 11) is 0. The van der Waals surface area contributed by atoms with Gasteiger partial charge >= 0.3 is 6.09 Å². The number of phenolic OH excluding ortho intramolecular Hbond substituents is 1. The smallest absolute Gasteiger partial charge is 0.411 e. The molecule has 264 valence electrons. The molecule has 6 rings (SSSR count). The second-order valence-electron chi connectivity index (χ2n) is 12.8. The molecule has 1 fully saturated rings. The van der Waals surface area contributed by atoms with E-state index in [-0.39, 0.29) is 29.9 Å². The number of benzene rings is 4. The van der Waals surface area contributed by atoms with Gasteiger partial charge < -0.3 is 35.5 Å². The Labute approximate surface area is 296 Å². The van der Waals surface area contributed by atoms with Gasteiger partial charge in [-0.1, -0.05) is 78.9 Å². The summed E-state index contributed by atoms with van der Waals surface area (Å²) in [6.07, 6.45) is 0.299. The van der Waals surface area contributed by atoms with Gasteiger partial charge in [-0.3, -0.25) is 14.9 Å². The van der Waals surface area contributed by atoms with Crippen molar-refractivity contribution in [1.82, 2.24) is 20.5 Å². The SMILES string of the molecule is O=C(CCN1CCC(OC(=O)Nc2ccccc2-c2ccccc2)CC1)NCc1cccc(CNC[C@@H](O)c2ccc(O)c3[nH]c(=O)ccc23)c1. The number of aromatic nitrogens is 1. The number of hydrogen-bond donors (Lipinski definition) is 6. The maximum atomic E-state index is 12.7. The van der Waals surface area contributed by atoms with Crippen LogP contribution in [0.15, 0.2) is 108 Å². The number of aromatic hydroxyl groups is 1. The van der Waals surface area contributed by atoms with Gasteiger partial charge in [0.2, 0.25) is 11.5 Å². The summed E-state index contributed by atoms with van der Waals surface area (Å²) in [4.78, 5) is 41.9. The number of carbonyl (C=O) groups is 2. The molecule has 6 N–H and O–H groups in total. The minimum Gasteiger partial charge on any atom is -0.506 e. The molecule has 0 saturated carbocycles. The second-order valence-corrected chi connectivity index (χ2v) is 12.8. The third-order valence-corrected chi connectivity index (χ3v) is 9.13. The molecule has 1 atom stereocenters. The Balaban J connectivity index is 0.885. The molecule has 1 saturated heterocycles. The number of fused-ring (bicyclic) bond motifs is 1. The molecule has 5 aromatic rings. The lowest BCUT2D eigenvalue weighted by Crippen LogP contribution is -2.40. The monoisotopic (exact) mass is 689 g/mol. The number of anilines is 1. The Morgan fingerprint density at radius 2 is 1.63 bits per heavy atom. The van der Waals surface area contributed by atoms with Crippen molar-refractivity contribution in [2.24, 2.45) is 0 Å². The van der Waals surface area contributed by atoms with Crippen molar-refractivity contribution >= 4 is 28.6 Å². The number of aliphatic hydroxyl groups is 1. The molecule has 11 heteroatoms. The zero-order chi connectivity index (χ0) is 35.6. The van der Waals surface area contributed by atoms with E-state index in [1.54, 1.807) is 12.1 Å². The van der Waals surface area contributed by atoms with Crippen LogP contribution in [-0.4, -0.2) is 64.4 Å². The first-order valence-electron chi connectivity index (χ1n) is 17.2. The number of rotatable bonds is 13. The van der Waals surface area contributed by atoms with Gasteiger partial charge in [0, 0.05) is 62.7 Å². The van der Waals surface area contributed by atoms with Crippen molar-refractivity contribution in [1.29, 1.82) is 0 Å². The van der Waals surface area contributed by atoms with Crippen molar-refractivity contribution in [3.63, 3.8) is 0 Å². The first-order valence-corrected chi connectivity index (χ1v) is 17.2. The molecule has 0 aliphatic carbocycles. The molecule has 0 unspecified atom stereocenters. The number of hydrogen-bond acceptors (Lipinski definition) is 8. The van der Waals surface area contributed by atoms with Crippen molar-refractivity contribution in [2.75, 3.05) is 31.5 Å². The molecule has 0 radical (unpaired) electrons. The molecule has 2 amide bonds. The molecule has 4 aromatic carbocycles. The van der Waals surface area contributed by atoms with Gasteiger partial charge in [0.1, 0.15) is 11.9 Å². The first kappa shape index (κ1) is 35.3. The molecule has 2 heterocycles. The van der Waals surface area contributed by atoms with Crippen LogP contribution in [0.1, 0.15) is 42.1 Å². The summed E-state index contributed by atoms with van der Waals surface area (Å²) in [6.45, 7) is 3.31. The number of pyridine rings is 1. The summed E-state index contributed by atoms with van der Waals surface area (Å²) in [5.41, 5.74) is 5.21. The van der Waals surface area contributed by atoms with Crippen LogP contribution in [0.5, 0.6) is 5.75 Å².